The van der Waals surface area contributed by atoms with Gasteiger partial charge in [-0.05, 0) is 24.8 Å². The van der Waals surface area contributed by atoms with Gasteiger partial charge in [-0.3, -0.25) is 4.79 Å². The molecule has 128 valence electrons. The first kappa shape index (κ1) is 17.1. The van der Waals surface area contributed by atoms with Gasteiger partial charge in [0, 0.05) is 23.4 Å². The first-order chi connectivity index (χ1) is 11.7. The first-order valence-electron chi connectivity index (χ1n) is 8.64. The van der Waals surface area contributed by atoms with Crippen LogP contribution in [0.15, 0.2) is 29.6 Å². The standard InChI is InChI=1S/C19H24N2O2S/c1-2-13-6-8-14(9-7-13)19-21-16(12-24-19)10-18(23)20-11-15-4-3-5-17(15)22/h6-9,12,15,17,22H,2-5,10-11H2,1H3,(H,20,23). The van der Waals surface area contributed by atoms with E-state index in [-0.39, 0.29) is 17.9 Å². The number of aliphatic hydroxyl groups is 1. The van der Waals surface area contributed by atoms with Crippen LogP contribution in [0.25, 0.3) is 10.6 Å². The molecule has 1 fully saturated rings. The number of aliphatic hydroxyl groups excluding tert-OH is 1. The molecule has 2 atom stereocenters. The molecule has 1 aromatic carbocycles. The second kappa shape index (κ2) is 7.90. The maximum absolute atomic E-state index is 12.1. The molecule has 0 spiro atoms. The van der Waals surface area contributed by atoms with Gasteiger partial charge < -0.3 is 10.4 Å². The highest BCUT2D eigenvalue weighted by Gasteiger charge is 2.25. The molecule has 1 aromatic heterocycles. The van der Waals surface area contributed by atoms with Gasteiger partial charge in [0.2, 0.25) is 5.91 Å². The van der Waals surface area contributed by atoms with E-state index in [1.54, 1.807) is 11.3 Å². The van der Waals surface area contributed by atoms with Crippen LogP contribution in [-0.2, 0) is 17.6 Å². The summed E-state index contributed by atoms with van der Waals surface area (Å²) in [6, 6.07) is 8.41. The van der Waals surface area contributed by atoms with E-state index < -0.39 is 0 Å². The van der Waals surface area contributed by atoms with Crippen LogP contribution in [-0.4, -0.2) is 28.6 Å². The Labute approximate surface area is 146 Å². The summed E-state index contributed by atoms with van der Waals surface area (Å²) >= 11 is 1.57. The number of carbonyl (C=O) groups is 1. The van der Waals surface area contributed by atoms with E-state index in [1.165, 1.54) is 5.56 Å². The number of nitrogens with one attached hydrogen (secondary N) is 1. The Hall–Kier alpha value is -1.72. The van der Waals surface area contributed by atoms with Crippen molar-refractivity contribution in [1.29, 1.82) is 0 Å². The van der Waals surface area contributed by atoms with Crippen LogP contribution >= 0.6 is 11.3 Å². The second-order valence-corrected chi connectivity index (χ2v) is 7.29. The van der Waals surface area contributed by atoms with Crippen LogP contribution in [0.1, 0.15) is 37.4 Å². The lowest BCUT2D eigenvalue weighted by Gasteiger charge is -2.14. The number of aryl methyl sites for hydroxylation is 1. The molecule has 1 aliphatic carbocycles. The van der Waals surface area contributed by atoms with Gasteiger partial charge in [-0.1, -0.05) is 37.6 Å². The summed E-state index contributed by atoms with van der Waals surface area (Å²) in [5, 5.41) is 15.6. The fourth-order valence-corrected chi connectivity index (χ4v) is 3.96. The molecule has 1 heterocycles. The largest absolute Gasteiger partial charge is 0.393 e. The normalized spacial score (nSPS) is 20.2. The van der Waals surface area contributed by atoms with Crippen molar-refractivity contribution in [3.63, 3.8) is 0 Å². The van der Waals surface area contributed by atoms with Crippen LogP contribution in [0.2, 0.25) is 0 Å². The highest BCUT2D eigenvalue weighted by Crippen LogP contribution is 2.25. The third-order valence-electron chi connectivity index (χ3n) is 4.68. The number of rotatable bonds is 6. The van der Waals surface area contributed by atoms with Gasteiger partial charge in [0.25, 0.3) is 0 Å². The molecule has 0 aliphatic heterocycles. The number of carbonyl (C=O) groups excluding carboxylic acids is 1. The number of aromatic nitrogens is 1. The molecular weight excluding hydrogens is 320 g/mol. The molecule has 1 saturated carbocycles. The zero-order valence-electron chi connectivity index (χ0n) is 14.0. The molecule has 2 unspecified atom stereocenters. The molecule has 0 radical (unpaired) electrons. The molecule has 3 rings (SSSR count). The van der Waals surface area contributed by atoms with Gasteiger partial charge in [-0.25, -0.2) is 4.98 Å². The predicted octanol–water partition coefficient (Wildman–Crippen LogP) is 3.19. The molecule has 1 aliphatic rings. The lowest BCUT2D eigenvalue weighted by molar-refractivity contribution is -0.120. The SMILES string of the molecule is CCc1ccc(-c2nc(CC(=O)NCC3CCCC3O)cs2)cc1. The van der Waals surface area contributed by atoms with E-state index in [4.69, 9.17) is 0 Å². The van der Waals surface area contributed by atoms with Crippen molar-refractivity contribution in [3.8, 4) is 10.6 Å². The van der Waals surface area contributed by atoms with Crippen LogP contribution in [0, 0.1) is 5.92 Å². The van der Waals surface area contributed by atoms with Crippen molar-refractivity contribution in [2.75, 3.05) is 6.54 Å². The van der Waals surface area contributed by atoms with Gasteiger partial charge in [-0.2, -0.15) is 0 Å². The summed E-state index contributed by atoms with van der Waals surface area (Å²) in [5.74, 6) is 0.185. The second-order valence-electron chi connectivity index (χ2n) is 6.43. The Kier molecular flexibility index (Phi) is 5.63. The molecule has 0 bridgehead atoms. The first-order valence-corrected chi connectivity index (χ1v) is 9.52. The topological polar surface area (TPSA) is 62.2 Å². The van der Waals surface area contributed by atoms with Crippen LogP contribution in [0.5, 0.6) is 0 Å². The Morgan fingerprint density at radius 1 is 1.33 bits per heavy atom. The van der Waals surface area contributed by atoms with E-state index >= 15 is 0 Å². The van der Waals surface area contributed by atoms with Crippen molar-refractivity contribution in [3.05, 3.63) is 40.9 Å². The van der Waals surface area contributed by atoms with Crippen molar-refractivity contribution in [1.82, 2.24) is 10.3 Å². The number of hydrogen-bond donors (Lipinski definition) is 2. The quantitative estimate of drug-likeness (QED) is 0.846. The summed E-state index contributed by atoms with van der Waals surface area (Å²) in [5.41, 5.74) is 3.21. The van der Waals surface area contributed by atoms with Crippen LogP contribution in [0.3, 0.4) is 0 Å². The Bertz CT molecular complexity index is 681. The van der Waals surface area contributed by atoms with Gasteiger partial charge in [0.05, 0.1) is 18.2 Å². The molecule has 24 heavy (non-hydrogen) atoms. The molecule has 1 amide bonds. The summed E-state index contributed by atoms with van der Waals surface area (Å²) < 4.78 is 0. The average Bonchev–Trinajstić information content (AvgIpc) is 3.22. The highest BCUT2D eigenvalue weighted by molar-refractivity contribution is 7.13. The fraction of sp³-hybridized carbons (Fsp3) is 0.474. The number of amides is 1. The smallest absolute Gasteiger partial charge is 0.226 e. The van der Waals surface area contributed by atoms with E-state index in [0.29, 0.717) is 13.0 Å². The zero-order valence-corrected chi connectivity index (χ0v) is 14.8. The predicted molar refractivity (Wildman–Crippen MR) is 97.0 cm³/mol. The van der Waals surface area contributed by atoms with Crippen LogP contribution in [0.4, 0.5) is 0 Å². The number of hydrogen-bond acceptors (Lipinski definition) is 4. The van der Waals surface area contributed by atoms with Gasteiger partial charge in [0.1, 0.15) is 5.01 Å². The summed E-state index contributed by atoms with van der Waals surface area (Å²) in [4.78, 5) is 16.7. The fourth-order valence-electron chi connectivity index (χ4n) is 3.13. The van der Waals surface area contributed by atoms with E-state index in [0.717, 1.165) is 41.9 Å². The molecule has 2 N–H and O–H groups in total. The van der Waals surface area contributed by atoms with Crippen molar-refractivity contribution >= 4 is 17.2 Å². The van der Waals surface area contributed by atoms with E-state index in [9.17, 15) is 9.90 Å². The van der Waals surface area contributed by atoms with Gasteiger partial charge >= 0.3 is 0 Å². The third kappa shape index (κ3) is 4.22. The lowest BCUT2D eigenvalue weighted by atomic mass is 10.1. The Morgan fingerprint density at radius 2 is 2.12 bits per heavy atom. The van der Waals surface area contributed by atoms with Crippen LogP contribution < -0.4 is 5.32 Å². The van der Waals surface area contributed by atoms with Gasteiger partial charge in [-0.15, -0.1) is 11.3 Å². The number of benzene rings is 1. The average molecular weight is 344 g/mol. The number of nitrogens with zero attached hydrogens (tertiary/aromatic N) is 1. The van der Waals surface area contributed by atoms with Crippen molar-refractivity contribution in [2.24, 2.45) is 5.92 Å². The lowest BCUT2D eigenvalue weighted by Crippen LogP contribution is -2.33. The third-order valence-corrected chi connectivity index (χ3v) is 5.62. The minimum absolute atomic E-state index is 0.0210. The van der Waals surface area contributed by atoms with Crippen molar-refractivity contribution in [2.45, 2.75) is 45.1 Å². The summed E-state index contributed by atoms with van der Waals surface area (Å²) in [7, 11) is 0. The maximum atomic E-state index is 12.1. The summed E-state index contributed by atoms with van der Waals surface area (Å²) in [6.45, 7) is 2.70. The Morgan fingerprint density at radius 3 is 2.79 bits per heavy atom. The zero-order chi connectivity index (χ0) is 16.9. The van der Waals surface area contributed by atoms with E-state index in [2.05, 4.69) is 41.5 Å². The van der Waals surface area contributed by atoms with E-state index in [1.807, 2.05) is 5.38 Å². The molecule has 0 saturated heterocycles. The number of thiazole rings is 1. The maximum Gasteiger partial charge on any atom is 0.226 e. The van der Waals surface area contributed by atoms with Crippen molar-refractivity contribution < 1.29 is 9.90 Å². The minimum Gasteiger partial charge on any atom is -0.393 e. The Balaban J connectivity index is 1.54. The minimum atomic E-state index is -0.262. The summed E-state index contributed by atoms with van der Waals surface area (Å²) in [6.07, 6.45) is 3.96. The molecule has 4 nitrogen and oxygen atoms in total. The monoisotopic (exact) mass is 344 g/mol. The molecular formula is C19H24N2O2S. The molecule has 5 heteroatoms. The highest BCUT2D eigenvalue weighted by atomic mass is 32.1. The van der Waals surface area contributed by atoms with Gasteiger partial charge in [0.15, 0.2) is 0 Å². The molecule has 2 aromatic rings.